The van der Waals surface area contributed by atoms with E-state index < -0.39 is 0 Å². The van der Waals surface area contributed by atoms with Crippen LogP contribution in [0.5, 0.6) is 0 Å². The van der Waals surface area contributed by atoms with Gasteiger partial charge in [-0.3, -0.25) is 0 Å². The molecule has 0 unspecified atom stereocenters. The van der Waals surface area contributed by atoms with Gasteiger partial charge in [0, 0.05) is 59.5 Å². The van der Waals surface area contributed by atoms with E-state index in [2.05, 4.69) is 204 Å². The summed E-state index contributed by atoms with van der Waals surface area (Å²) in [4.78, 5) is 0. The number of rotatable bonds is 3. The van der Waals surface area contributed by atoms with Gasteiger partial charge in [0.25, 0.3) is 0 Å². The molecule has 4 heteroatoms. The van der Waals surface area contributed by atoms with E-state index in [4.69, 9.17) is 0 Å². The van der Waals surface area contributed by atoms with Crippen molar-refractivity contribution in [3.8, 4) is 22.5 Å². The summed E-state index contributed by atoms with van der Waals surface area (Å²) in [7, 11) is 0. The maximum absolute atomic E-state index is 2.46. The van der Waals surface area contributed by atoms with Gasteiger partial charge in [-0.15, -0.1) is 22.7 Å². The van der Waals surface area contributed by atoms with E-state index in [-0.39, 0.29) is 0 Å². The van der Waals surface area contributed by atoms with Crippen LogP contribution in [0.15, 0.2) is 194 Å². The molecular formula is C56H32N2S2. The fourth-order valence-electron chi connectivity index (χ4n) is 10.3. The number of benzene rings is 10. The minimum absolute atomic E-state index is 1.21. The van der Waals surface area contributed by atoms with Crippen LogP contribution in [0, 0.1) is 0 Å². The highest BCUT2D eigenvalue weighted by molar-refractivity contribution is 7.26. The Morgan fingerprint density at radius 3 is 1.18 bits per heavy atom. The molecule has 0 spiro atoms. The molecule has 0 radical (unpaired) electrons. The van der Waals surface area contributed by atoms with Crippen LogP contribution in [0.1, 0.15) is 0 Å². The van der Waals surface area contributed by atoms with Crippen molar-refractivity contribution < 1.29 is 0 Å². The van der Waals surface area contributed by atoms with Crippen LogP contribution in [0.4, 0.5) is 0 Å². The second-order valence-corrected chi connectivity index (χ2v) is 18.1. The molecule has 0 N–H and O–H groups in total. The lowest BCUT2D eigenvalue weighted by Crippen LogP contribution is -1.96. The predicted octanol–water partition coefficient (Wildman–Crippen LogP) is 16.6. The average Bonchev–Trinajstić information content (AvgIpc) is 4.12. The van der Waals surface area contributed by atoms with Crippen molar-refractivity contribution >= 4 is 128 Å². The van der Waals surface area contributed by atoms with Gasteiger partial charge in [-0.1, -0.05) is 133 Å². The van der Waals surface area contributed by atoms with Crippen molar-refractivity contribution in [3.05, 3.63) is 194 Å². The highest BCUT2D eigenvalue weighted by Crippen LogP contribution is 2.45. The zero-order valence-corrected chi connectivity index (χ0v) is 33.8. The van der Waals surface area contributed by atoms with Crippen LogP contribution < -0.4 is 0 Å². The number of nitrogens with zero attached hydrogens (tertiary/aromatic N) is 2. The smallest absolute Gasteiger partial charge is 0.0634 e. The molecule has 0 atom stereocenters. The molecule has 0 saturated heterocycles. The van der Waals surface area contributed by atoms with Crippen molar-refractivity contribution in [1.82, 2.24) is 9.13 Å². The maximum Gasteiger partial charge on any atom is 0.0634 e. The van der Waals surface area contributed by atoms with Gasteiger partial charge in [-0.2, -0.15) is 0 Å². The Hall–Kier alpha value is -7.24. The first kappa shape index (κ1) is 32.7. The number of fused-ring (bicyclic) bond motifs is 18. The zero-order chi connectivity index (χ0) is 39.1. The van der Waals surface area contributed by atoms with Gasteiger partial charge < -0.3 is 9.13 Å². The van der Waals surface area contributed by atoms with Gasteiger partial charge in [-0.05, 0) is 97.4 Å². The van der Waals surface area contributed by atoms with Crippen molar-refractivity contribution in [3.63, 3.8) is 0 Å². The summed E-state index contributed by atoms with van der Waals surface area (Å²) in [5.41, 5.74) is 7.33. The number of hydrogen-bond donors (Lipinski definition) is 0. The van der Waals surface area contributed by atoms with Gasteiger partial charge in [-0.25, -0.2) is 0 Å². The van der Waals surface area contributed by atoms with E-state index >= 15 is 0 Å². The molecule has 0 saturated carbocycles. The predicted molar refractivity (Wildman–Crippen MR) is 261 cm³/mol. The van der Waals surface area contributed by atoms with Crippen molar-refractivity contribution in [2.24, 2.45) is 0 Å². The lowest BCUT2D eigenvalue weighted by Gasteiger charge is -2.15. The Morgan fingerprint density at radius 1 is 0.267 bits per heavy atom. The molecule has 4 aromatic heterocycles. The summed E-state index contributed by atoms with van der Waals surface area (Å²) in [6.07, 6.45) is 4.60. The second-order valence-electron chi connectivity index (χ2n) is 16.0. The van der Waals surface area contributed by atoms with Gasteiger partial charge in [0.05, 0.1) is 31.8 Å². The van der Waals surface area contributed by atoms with Crippen LogP contribution in [-0.2, 0) is 0 Å². The quantitative estimate of drug-likeness (QED) is 0.158. The fourth-order valence-corrected chi connectivity index (χ4v) is 12.7. The van der Waals surface area contributed by atoms with Crippen LogP contribution in [0.25, 0.3) is 128 Å². The minimum Gasteiger partial charge on any atom is -0.314 e. The molecule has 0 fully saturated rings. The third kappa shape index (κ3) is 4.41. The Balaban J connectivity index is 1.07. The molecule has 60 heavy (non-hydrogen) atoms. The van der Waals surface area contributed by atoms with E-state index in [1.165, 1.54) is 128 Å². The van der Waals surface area contributed by atoms with E-state index in [0.29, 0.717) is 0 Å². The highest BCUT2D eigenvalue weighted by atomic mass is 32.1. The van der Waals surface area contributed by atoms with Gasteiger partial charge in [0.1, 0.15) is 0 Å². The fraction of sp³-hybridized carbons (Fsp3) is 0. The van der Waals surface area contributed by atoms with Crippen LogP contribution in [-0.4, -0.2) is 9.13 Å². The zero-order valence-electron chi connectivity index (χ0n) is 32.2. The Labute approximate surface area is 352 Å². The molecule has 0 aliphatic rings. The second kappa shape index (κ2) is 12.2. The summed E-state index contributed by atoms with van der Waals surface area (Å²) in [5.74, 6) is 0. The third-order valence-corrected chi connectivity index (χ3v) is 15.4. The third-order valence-electron chi connectivity index (χ3n) is 13.0. The summed E-state index contributed by atoms with van der Waals surface area (Å²) >= 11 is 3.77. The standard InChI is InChI=1S/C56H32N2S2/c1-2-13-37-35(11-1)36-12-3-4-14-38(36)47-31-33(23-25-39(37)47)34-24-26-42-48(32-34)43-27-29-57(49-19-9-17-44-40-15-5-7-21-51(40)59-55(44)49)54(43)46-28-30-58(53(42)46)50-20-10-18-45-41-16-6-8-22-52(41)60-56(45)50/h1-32H. The molecule has 0 bridgehead atoms. The molecule has 0 amide bonds. The lowest BCUT2D eigenvalue weighted by molar-refractivity contribution is 1.15. The number of hydrogen-bond acceptors (Lipinski definition) is 2. The number of thiophene rings is 2. The summed E-state index contributed by atoms with van der Waals surface area (Å²) in [6.45, 7) is 0. The molecular weight excluding hydrogens is 765 g/mol. The molecule has 278 valence electrons. The monoisotopic (exact) mass is 796 g/mol. The van der Waals surface area contributed by atoms with Crippen molar-refractivity contribution in [2.75, 3.05) is 0 Å². The lowest BCUT2D eigenvalue weighted by atomic mass is 9.91. The molecule has 10 aromatic carbocycles. The van der Waals surface area contributed by atoms with Crippen LogP contribution in [0.3, 0.4) is 0 Å². The molecule has 0 aliphatic carbocycles. The Bertz CT molecular complexity index is 4100. The average molecular weight is 797 g/mol. The molecule has 4 heterocycles. The first-order chi connectivity index (χ1) is 29.8. The van der Waals surface area contributed by atoms with Crippen LogP contribution in [0.2, 0.25) is 0 Å². The topological polar surface area (TPSA) is 9.86 Å². The largest absolute Gasteiger partial charge is 0.314 e. The van der Waals surface area contributed by atoms with Crippen LogP contribution >= 0.6 is 22.7 Å². The Kier molecular flexibility index (Phi) is 6.62. The van der Waals surface area contributed by atoms with E-state index in [0.717, 1.165) is 0 Å². The first-order valence-electron chi connectivity index (χ1n) is 20.5. The summed E-state index contributed by atoms with van der Waals surface area (Å²) in [6, 6.07) is 67.8. The first-order valence-corrected chi connectivity index (χ1v) is 22.1. The van der Waals surface area contributed by atoms with Gasteiger partial charge in [0.2, 0.25) is 0 Å². The van der Waals surface area contributed by atoms with Gasteiger partial charge >= 0.3 is 0 Å². The normalized spacial score (nSPS) is 12.3. The summed E-state index contributed by atoms with van der Waals surface area (Å²) < 4.78 is 10.2. The minimum atomic E-state index is 1.21. The molecule has 0 aliphatic heterocycles. The Morgan fingerprint density at radius 2 is 0.650 bits per heavy atom. The maximum atomic E-state index is 2.46. The molecule has 2 nitrogen and oxygen atoms in total. The molecule has 14 rings (SSSR count). The van der Waals surface area contributed by atoms with Crippen molar-refractivity contribution in [2.45, 2.75) is 0 Å². The number of aromatic nitrogens is 2. The summed E-state index contributed by atoms with van der Waals surface area (Å²) in [5, 5.41) is 18.0. The SMILES string of the molecule is c1ccc2c(c1)sc1c(-n3ccc4c5cc(-c6ccc7c8ccccc8c8ccccc8c7c6)ccc5c5c(ccn5-c5cccc6c5sc5ccccc56)c43)cccc12. The van der Waals surface area contributed by atoms with Crippen molar-refractivity contribution in [1.29, 1.82) is 0 Å². The van der Waals surface area contributed by atoms with E-state index in [1.54, 1.807) is 0 Å². The van der Waals surface area contributed by atoms with Gasteiger partial charge in [0.15, 0.2) is 0 Å². The van der Waals surface area contributed by atoms with E-state index in [9.17, 15) is 0 Å². The highest BCUT2D eigenvalue weighted by Gasteiger charge is 2.21. The molecule has 14 aromatic rings. The van der Waals surface area contributed by atoms with E-state index in [1.807, 2.05) is 22.7 Å².